The average Bonchev–Trinajstić information content (AvgIpc) is 2.25. The van der Waals surface area contributed by atoms with Gasteiger partial charge in [-0.1, -0.05) is 46.9 Å². The monoisotopic (exact) mass is 350 g/mol. The molecule has 1 heterocycles. The van der Waals surface area contributed by atoms with E-state index in [4.69, 9.17) is 34.8 Å². The fourth-order valence-corrected chi connectivity index (χ4v) is 3.06. The summed E-state index contributed by atoms with van der Waals surface area (Å²) in [6.45, 7) is 0. The number of sulfone groups is 1. The predicted molar refractivity (Wildman–Crippen MR) is 81.0 cm³/mol. The maximum atomic E-state index is 11.2. The molecule has 2 rings (SSSR count). The van der Waals surface area contributed by atoms with Crippen LogP contribution in [0.3, 0.4) is 0 Å². The molecule has 20 heavy (non-hydrogen) atoms. The van der Waals surface area contributed by atoms with Crippen molar-refractivity contribution in [3.05, 3.63) is 45.4 Å². The number of halogens is 3. The van der Waals surface area contributed by atoms with Gasteiger partial charge < -0.3 is 0 Å². The summed E-state index contributed by atoms with van der Waals surface area (Å²) in [4.78, 5) is 7.95. The van der Waals surface area contributed by atoms with Crippen LogP contribution in [0.1, 0.15) is 5.82 Å². The topological polar surface area (TPSA) is 59.9 Å². The van der Waals surface area contributed by atoms with Crippen molar-refractivity contribution in [1.29, 1.82) is 0 Å². The van der Waals surface area contributed by atoms with Crippen LogP contribution in [0.25, 0.3) is 11.1 Å². The van der Waals surface area contributed by atoms with Crippen molar-refractivity contribution in [1.82, 2.24) is 9.97 Å². The van der Waals surface area contributed by atoms with Crippen molar-refractivity contribution < 1.29 is 8.42 Å². The second-order valence-electron chi connectivity index (χ2n) is 4.18. The SMILES string of the molecule is CS(=O)(=O)Cc1nc(Cl)c(-c2cccc(Cl)c2)c(Cl)n1. The third-order valence-electron chi connectivity index (χ3n) is 2.37. The van der Waals surface area contributed by atoms with Crippen molar-refractivity contribution in [3.8, 4) is 11.1 Å². The van der Waals surface area contributed by atoms with Crippen LogP contribution in [0.15, 0.2) is 24.3 Å². The minimum atomic E-state index is -3.26. The lowest BCUT2D eigenvalue weighted by atomic mass is 10.1. The predicted octanol–water partition coefficient (Wildman–Crippen LogP) is 3.65. The minimum Gasteiger partial charge on any atom is -0.229 e. The van der Waals surface area contributed by atoms with Gasteiger partial charge in [0.15, 0.2) is 9.84 Å². The molecular formula is C12H9Cl3N2O2S. The Kier molecular flexibility index (Phi) is 4.54. The van der Waals surface area contributed by atoms with Gasteiger partial charge in [0.2, 0.25) is 0 Å². The zero-order valence-corrected chi connectivity index (χ0v) is 13.4. The molecule has 0 aliphatic heterocycles. The van der Waals surface area contributed by atoms with Crippen molar-refractivity contribution in [2.75, 3.05) is 6.26 Å². The number of benzene rings is 1. The van der Waals surface area contributed by atoms with E-state index in [-0.39, 0.29) is 21.9 Å². The minimum absolute atomic E-state index is 0.0632. The second kappa shape index (κ2) is 5.85. The van der Waals surface area contributed by atoms with Crippen molar-refractivity contribution in [2.45, 2.75) is 5.75 Å². The van der Waals surface area contributed by atoms with Crippen molar-refractivity contribution in [3.63, 3.8) is 0 Å². The van der Waals surface area contributed by atoms with Gasteiger partial charge in [-0.05, 0) is 17.7 Å². The standard InChI is InChI=1S/C12H9Cl3N2O2S/c1-20(18,19)6-9-16-11(14)10(12(15)17-9)7-3-2-4-8(13)5-7/h2-5H,6H2,1H3. The average molecular weight is 352 g/mol. The Morgan fingerprint density at radius 1 is 1.10 bits per heavy atom. The number of hydrogen-bond donors (Lipinski definition) is 0. The molecule has 0 unspecified atom stereocenters. The molecule has 0 N–H and O–H groups in total. The van der Waals surface area contributed by atoms with E-state index in [1.165, 1.54) is 0 Å². The molecule has 0 spiro atoms. The number of rotatable bonds is 3. The molecule has 1 aromatic carbocycles. The summed E-state index contributed by atoms with van der Waals surface area (Å²) >= 11 is 18.1. The molecule has 0 aliphatic rings. The van der Waals surface area contributed by atoms with Gasteiger partial charge in [0, 0.05) is 11.3 Å². The summed E-state index contributed by atoms with van der Waals surface area (Å²) in [7, 11) is -3.26. The Bertz CT molecular complexity index is 740. The summed E-state index contributed by atoms with van der Waals surface area (Å²) in [5.74, 6) is -0.254. The maximum absolute atomic E-state index is 11.2. The Hall–Kier alpha value is -0.880. The lowest BCUT2D eigenvalue weighted by Crippen LogP contribution is -2.06. The van der Waals surface area contributed by atoms with E-state index >= 15 is 0 Å². The highest BCUT2D eigenvalue weighted by Crippen LogP contribution is 2.33. The highest BCUT2D eigenvalue weighted by Gasteiger charge is 2.16. The van der Waals surface area contributed by atoms with Crippen molar-refractivity contribution in [2.24, 2.45) is 0 Å². The highest BCUT2D eigenvalue weighted by molar-refractivity contribution is 7.89. The van der Waals surface area contributed by atoms with Gasteiger partial charge >= 0.3 is 0 Å². The molecule has 106 valence electrons. The molecule has 8 heteroatoms. The van der Waals surface area contributed by atoms with Crippen LogP contribution in [0.5, 0.6) is 0 Å². The second-order valence-corrected chi connectivity index (χ2v) is 7.47. The molecule has 0 saturated heterocycles. The summed E-state index contributed by atoms with van der Waals surface area (Å²) in [5.41, 5.74) is 1.09. The fraction of sp³-hybridized carbons (Fsp3) is 0.167. The normalized spacial score (nSPS) is 11.6. The van der Waals surface area contributed by atoms with Gasteiger partial charge in [-0.25, -0.2) is 18.4 Å². The summed E-state index contributed by atoms with van der Waals surface area (Å²) < 4.78 is 22.5. The van der Waals surface area contributed by atoms with E-state index in [1.54, 1.807) is 24.3 Å². The van der Waals surface area contributed by atoms with E-state index in [1.807, 2.05) is 0 Å². The zero-order valence-electron chi connectivity index (χ0n) is 10.3. The Balaban J connectivity index is 2.52. The summed E-state index contributed by atoms with van der Waals surface area (Å²) in [6.07, 6.45) is 1.09. The summed E-state index contributed by atoms with van der Waals surface area (Å²) in [5, 5.41) is 0.701. The molecule has 2 aromatic rings. The number of hydrogen-bond acceptors (Lipinski definition) is 4. The molecule has 0 atom stereocenters. The molecule has 0 radical (unpaired) electrons. The first-order valence-corrected chi connectivity index (χ1v) is 8.61. The smallest absolute Gasteiger partial charge is 0.154 e. The molecule has 1 aromatic heterocycles. The van der Waals surface area contributed by atoms with E-state index in [2.05, 4.69) is 9.97 Å². The fourth-order valence-electron chi connectivity index (χ4n) is 1.63. The first-order valence-electron chi connectivity index (χ1n) is 5.42. The van der Waals surface area contributed by atoms with Gasteiger partial charge in [-0.15, -0.1) is 0 Å². The third kappa shape index (κ3) is 3.82. The molecule has 0 saturated carbocycles. The van der Waals surface area contributed by atoms with E-state index in [0.717, 1.165) is 6.26 Å². The molecule has 4 nitrogen and oxygen atoms in total. The first-order chi connectivity index (χ1) is 9.26. The quantitative estimate of drug-likeness (QED) is 0.792. The molecule has 0 aliphatic carbocycles. The van der Waals surface area contributed by atoms with Gasteiger partial charge in [0.05, 0.1) is 5.56 Å². The van der Waals surface area contributed by atoms with Gasteiger partial charge in [0.1, 0.15) is 21.9 Å². The van der Waals surface area contributed by atoms with Gasteiger partial charge in [0.25, 0.3) is 0 Å². The van der Waals surface area contributed by atoms with Crippen molar-refractivity contribution >= 4 is 44.6 Å². The van der Waals surface area contributed by atoms with Crippen LogP contribution in [0.4, 0.5) is 0 Å². The lowest BCUT2D eigenvalue weighted by Gasteiger charge is -2.08. The Morgan fingerprint density at radius 3 is 2.20 bits per heavy atom. The lowest BCUT2D eigenvalue weighted by molar-refractivity contribution is 0.599. The summed E-state index contributed by atoms with van der Waals surface area (Å²) in [6, 6.07) is 6.90. The van der Waals surface area contributed by atoms with Crippen LogP contribution < -0.4 is 0 Å². The molecule has 0 fully saturated rings. The van der Waals surface area contributed by atoms with Gasteiger partial charge in [-0.2, -0.15) is 0 Å². The largest absolute Gasteiger partial charge is 0.229 e. The Morgan fingerprint density at radius 2 is 1.70 bits per heavy atom. The van der Waals surface area contributed by atoms with Crippen LogP contribution in [-0.4, -0.2) is 24.6 Å². The number of nitrogens with zero attached hydrogens (tertiary/aromatic N) is 2. The number of aromatic nitrogens is 2. The maximum Gasteiger partial charge on any atom is 0.154 e. The van der Waals surface area contributed by atoms with E-state index < -0.39 is 9.84 Å². The van der Waals surface area contributed by atoms with Gasteiger partial charge in [-0.3, -0.25) is 0 Å². The highest BCUT2D eigenvalue weighted by atomic mass is 35.5. The molecule has 0 bridgehead atoms. The van der Waals surface area contributed by atoms with Crippen LogP contribution >= 0.6 is 34.8 Å². The van der Waals surface area contributed by atoms with E-state index in [0.29, 0.717) is 16.1 Å². The van der Waals surface area contributed by atoms with Crippen LogP contribution in [-0.2, 0) is 15.6 Å². The zero-order chi connectivity index (χ0) is 14.9. The molecule has 0 amide bonds. The Labute approximate surface area is 131 Å². The first kappa shape index (κ1) is 15.5. The van der Waals surface area contributed by atoms with Crippen LogP contribution in [0, 0.1) is 0 Å². The van der Waals surface area contributed by atoms with Crippen LogP contribution in [0.2, 0.25) is 15.3 Å². The third-order valence-corrected chi connectivity index (χ3v) is 3.94. The van der Waals surface area contributed by atoms with E-state index in [9.17, 15) is 8.42 Å². The molecular weight excluding hydrogens is 343 g/mol.